The van der Waals surface area contributed by atoms with Gasteiger partial charge in [0.05, 0.1) is 11.4 Å². The summed E-state index contributed by atoms with van der Waals surface area (Å²) in [6.45, 7) is 7.01. The Kier molecular flexibility index (Phi) is 5.18. The molecule has 0 heterocycles. The van der Waals surface area contributed by atoms with Crippen molar-refractivity contribution >= 4 is 17.3 Å². The maximum Gasteiger partial charge on any atom is 0.251 e. The van der Waals surface area contributed by atoms with Crippen molar-refractivity contribution in [3.8, 4) is 0 Å². The number of amides is 1. The Morgan fingerprint density at radius 2 is 2.11 bits per heavy atom. The van der Waals surface area contributed by atoms with Gasteiger partial charge in [-0.1, -0.05) is 13.8 Å². The van der Waals surface area contributed by atoms with E-state index in [-0.39, 0.29) is 17.9 Å². The number of anilines is 2. The second-order valence-corrected chi connectivity index (χ2v) is 5.34. The molecule has 0 atom stereocenters. The van der Waals surface area contributed by atoms with Gasteiger partial charge in [0, 0.05) is 30.7 Å². The molecule has 0 aromatic heterocycles. The summed E-state index contributed by atoms with van der Waals surface area (Å²) in [7, 11) is 0. The highest BCUT2D eigenvalue weighted by Gasteiger charge is 2.17. The van der Waals surface area contributed by atoms with E-state index in [2.05, 4.69) is 10.6 Å². The fourth-order valence-electron chi connectivity index (χ4n) is 1.50. The van der Waals surface area contributed by atoms with Crippen molar-refractivity contribution in [3.05, 3.63) is 23.8 Å². The number of hydrogen-bond donors (Lipinski definition) is 4. The van der Waals surface area contributed by atoms with Crippen LogP contribution in [0.1, 0.15) is 31.1 Å². The molecule has 0 aliphatic carbocycles. The van der Waals surface area contributed by atoms with E-state index in [0.717, 1.165) is 0 Å². The predicted molar refractivity (Wildman–Crippen MR) is 78.2 cm³/mol. The van der Waals surface area contributed by atoms with Gasteiger partial charge < -0.3 is 21.5 Å². The third kappa shape index (κ3) is 4.44. The molecule has 1 rings (SSSR count). The number of rotatable bonds is 6. The summed E-state index contributed by atoms with van der Waals surface area (Å²) in [6.07, 6.45) is 0. The van der Waals surface area contributed by atoms with Crippen LogP contribution in [0.25, 0.3) is 0 Å². The van der Waals surface area contributed by atoms with E-state index in [1.54, 1.807) is 18.2 Å². The summed E-state index contributed by atoms with van der Waals surface area (Å²) in [4.78, 5) is 11.7. The molecule has 1 aromatic rings. The summed E-state index contributed by atoms with van der Waals surface area (Å²) in [5, 5.41) is 15.1. The second-order valence-electron chi connectivity index (χ2n) is 5.34. The van der Waals surface area contributed by atoms with E-state index in [9.17, 15) is 9.90 Å². The lowest BCUT2D eigenvalue weighted by atomic mass is 9.95. The maximum atomic E-state index is 11.7. The first-order valence-electron chi connectivity index (χ1n) is 6.42. The molecular formula is C14H23N3O2. The molecule has 0 radical (unpaired) electrons. The highest BCUT2D eigenvalue weighted by atomic mass is 16.3. The average molecular weight is 265 g/mol. The molecular weight excluding hydrogens is 242 g/mol. The third-order valence-electron chi connectivity index (χ3n) is 2.84. The summed E-state index contributed by atoms with van der Waals surface area (Å²) in [5.74, 6) is -0.119. The minimum absolute atomic E-state index is 0.0793. The number of aliphatic hydroxyl groups excluding tert-OH is 1. The van der Waals surface area contributed by atoms with E-state index in [4.69, 9.17) is 5.73 Å². The first kappa shape index (κ1) is 15.3. The van der Waals surface area contributed by atoms with Gasteiger partial charge in [-0.25, -0.2) is 0 Å². The minimum atomic E-state index is -0.242. The highest BCUT2D eigenvalue weighted by Crippen LogP contribution is 2.22. The van der Waals surface area contributed by atoms with Gasteiger partial charge in [-0.2, -0.15) is 0 Å². The predicted octanol–water partition coefficient (Wildman–Crippen LogP) is 1.45. The average Bonchev–Trinajstić information content (AvgIpc) is 2.38. The molecule has 1 aromatic carbocycles. The quantitative estimate of drug-likeness (QED) is 0.586. The van der Waals surface area contributed by atoms with Crippen molar-refractivity contribution in [2.75, 3.05) is 30.7 Å². The summed E-state index contributed by atoms with van der Waals surface area (Å²) >= 11 is 0. The number of nitrogen functional groups attached to an aromatic ring is 1. The van der Waals surface area contributed by atoms with Crippen molar-refractivity contribution < 1.29 is 9.90 Å². The zero-order valence-electron chi connectivity index (χ0n) is 11.8. The van der Waals surface area contributed by atoms with Gasteiger partial charge in [-0.15, -0.1) is 0 Å². The van der Waals surface area contributed by atoms with Gasteiger partial charge in [-0.05, 0) is 25.1 Å². The Bertz CT molecular complexity index is 444. The molecule has 5 heteroatoms. The van der Waals surface area contributed by atoms with E-state index in [1.807, 2.05) is 20.8 Å². The maximum absolute atomic E-state index is 11.7. The monoisotopic (exact) mass is 265 g/mol. The number of carbonyl (C=O) groups excluding carboxylic acids is 1. The van der Waals surface area contributed by atoms with Crippen LogP contribution >= 0.6 is 0 Å². The van der Waals surface area contributed by atoms with Crippen molar-refractivity contribution in [3.63, 3.8) is 0 Å². The van der Waals surface area contributed by atoms with Crippen molar-refractivity contribution in [1.82, 2.24) is 5.32 Å². The fraction of sp³-hybridized carbons (Fsp3) is 0.500. The molecule has 0 aliphatic heterocycles. The standard InChI is InChI=1S/C14H23N3O2/c1-4-16-13(19)10-5-6-11(15)12(7-10)17-8-14(2,3)9-18/h5-7,17-18H,4,8-9,15H2,1-3H3,(H,16,19). The Morgan fingerprint density at radius 3 is 2.68 bits per heavy atom. The Morgan fingerprint density at radius 1 is 1.42 bits per heavy atom. The van der Waals surface area contributed by atoms with Crippen LogP contribution in [0.2, 0.25) is 0 Å². The normalized spacial score (nSPS) is 11.2. The molecule has 5 N–H and O–H groups in total. The van der Waals surface area contributed by atoms with E-state index >= 15 is 0 Å². The highest BCUT2D eigenvalue weighted by molar-refractivity contribution is 5.96. The van der Waals surface area contributed by atoms with Crippen LogP contribution in [0.5, 0.6) is 0 Å². The van der Waals surface area contributed by atoms with Crippen molar-refractivity contribution in [2.24, 2.45) is 5.41 Å². The van der Waals surface area contributed by atoms with Gasteiger partial charge in [0.15, 0.2) is 0 Å². The topological polar surface area (TPSA) is 87.4 Å². The second kappa shape index (κ2) is 6.43. The summed E-state index contributed by atoms with van der Waals surface area (Å²) in [5.41, 5.74) is 7.50. The number of carbonyl (C=O) groups is 1. The van der Waals surface area contributed by atoms with Gasteiger partial charge >= 0.3 is 0 Å². The van der Waals surface area contributed by atoms with Crippen LogP contribution in [-0.4, -0.2) is 30.7 Å². The Hall–Kier alpha value is -1.75. The van der Waals surface area contributed by atoms with E-state index < -0.39 is 0 Å². The molecule has 0 aliphatic rings. The number of aliphatic hydroxyl groups is 1. The van der Waals surface area contributed by atoms with Crippen LogP contribution in [-0.2, 0) is 0 Å². The van der Waals surface area contributed by atoms with E-state index in [1.165, 1.54) is 0 Å². The minimum Gasteiger partial charge on any atom is -0.397 e. The SMILES string of the molecule is CCNC(=O)c1ccc(N)c(NCC(C)(C)CO)c1. The molecule has 5 nitrogen and oxygen atoms in total. The molecule has 0 unspecified atom stereocenters. The molecule has 0 saturated carbocycles. The Balaban J connectivity index is 2.83. The Labute approximate surface area is 114 Å². The molecule has 0 bridgehead atoms. The lowest BCUT2D eigenvalue weighted by Crippen LogP contribution is -2.27. The summed E-state index contributed by atoms with van der Waals surface area (Å²) in [6, 6.07) is 5.13. The van der Waals surface area contributed by atoms with Crippen LogP contribution in [0.15, 0.2) is 18.2 Å². The van der Waals surface area contributed by atoms with Crippen LogP contribution < -0.4 is 16.4 Å². The van der Waals surface area contributed by atoms with Crippen molar-refractivity contribution in [2.45, 2.75) is 20.8 Å². The van der Waals surface area contributed by atoms with Crippen LogP contribution in [0, 0.1) is 5.41 Å². The molecule has 0 fully saturated rings. The number of benzene rings is 1. The smallest absolute Gasteiger partial charge is 0.251 e. The molecule has 0 saturated heterocycles. The number of hydrogen-bond acceptors (Lipinski definition) is 4. The zero-order chi connectivity index (χ0) is 14.5. The zero-order valence-corrected chi connectivity index (χ0v) is 11.8. The van der Waals surface area contributed by atoms with Gasteiger partial charge in [0.25, 0.3) is 5.91 Å². The first-order valence-corrected chi connectivity index (χ1v) is 6.42. The van der Waals surface area contributed by atoms with Gasteiger partial charge in [-0.3, -0.25) is 4.79 Å². The van der Waals surface area contributed by atoms with Gasteiger partial charge in [0.1, 0.15) is 0 Å². The molecule has 106 valence electrons. The molecule has 19 heavy (non-hydrogen) atoms. The van der Waals surface area contributed by atoms with Crippen LogP contribution in [0.4, 0.5) is 11.4 Å². The first-order chi connectivity index (χ1) is 8.89. The fourth-order valence-corrected chi connectivity index (χ4v) is 1.50. The largest absolute Gasteiger partial charge is 0.397 e. The molecule has 1 amide bonds. The van der Waals surface area contributed by atoms with Crippen molar-refractivity contribution in [1.29, 1.82) is 0 Å². The van der Waals surface area contributed by atoms with E-state index in [0.29, 0.717) is 30.0 Å². The third-order valence-corrected chi connectivity index (χ3v) is 2.84. The number of nitrogens with two attached hydrogens (primary N) is 1. The molecule has 0 spiro atoms. The summed E-state index contributed by atoms with van der Waals surface area (Å²) < 4.78 is 0. The lowest BCUT2D eigenvalue weighted by Gasteiger charge is -2.23. The van der Waals surface area contributed by atoms with Gasteiger partial charge in [0.2, 0.25) is 0 Å². The lowest BCUT2D eigenvalue weighted by molar-refractivity contribution is 0.0956. The van der Waals surface area contributed by atoms with Crippen LogP contribution in [0.3, 0.4) is 0 Å². The number of nitrogens with one attached hydrogen (secondary N) is 2.